The number of benzene rings is 1. The predicted octanol–water partition coefficient (Wildman–Crippen LogP) is 0.550. The van der Waals surface area contributed by atoms with Gasteiger partial charge in [-0.1, -0.05) is 6.07 Å². The molecule has 0 aliphatic carbocycles. The van der Waals surface area contributed by atoms with Crippen molar-refractivity contribution in [2.75, 3.05) is 34.0 Å². The van der Waals surface area contributed by atoms with Crippen LogP contribution in [0.4, 0.5) is 0 Å². The first-order valence-corrected chi connectivity index (χ1v) is 9.61. The van der Waals surface area contributed by atoms with Crippen molar-refractivity contribution in [3.05, 3.63) is 23.8 Å². The summed E-state index contributed by atoms with van der Waals surface area (Å²) in [5.74, 6) is 0.911. The van der Waals surface area contributed by atoms with E-state index in [1.54, 1.807) is 0 Å². The topological polar surface area (TPSA) is 88.2 Å². The Balaban J connectivity index is 1.58. The average Bonchev–Trinajstić information content (AvgIpc) is 3.07. The molecular formula is C16H23N3O5S. The van der Waals surface area contributed by atoms with E-state index in [2.05, 4.69) is 5.32 Å². The number of rotatable bonds is 5. The summed E-state index contributed by atoms with van der Waals surface area (Å²) in [6, 6.07) is 5.53. The van der Waals surface area contributed by atoms with Gasteiger partial charge in [0.2, 0.25) is 12.7 Å². The quantitative estimate of drug-likeness (QED) is 0.819. The van der Waals surface area contributed by atoms with Gasteiger partial charge in [0.25, 0.3) is 10.2 Å². The van der Waals surface area contributed by atoms with Gasteiger partial charge in [0.1, 0.15) is 0 Å². The SMILES string of the molecule is CN(C)S(=O)(=O)N1CCC[C@@H](C(=O)NCc2ccc3c(c2)OCO3)C1. The number of fused-ring (bicyclic) bond motifs is 1. The van der Waals surface area contributed by atoms with Gasteiger partial charge in [-0.15, -0.1) is 0 Å². The lowest BCUT2D eigenvalue weighted by Crippen LogP contribution is -2.48. The van der Waals surface area contributed by atoms with Crippen molar-refractivity contribution in [1.82, 2.24) is 13.9 Å². The molecule has 25 heavy (non-hydrogen) atoms. The first kappa shape index (κ1) is 18.0. The smallest absolute Gasteiger partial charge is 0.281 e. The van der Waals surface area contributed by atoms with E-state index in [0.29, 0.717) is 37.4 Å². The number of nitrogens with one attached hydrogen (secondary N) is 1. The summed E-state index contributed by atoms with van der Waals surface area (Å²) in [6.07, 6.45) is 1.36. The van der Waals surface area contributed by atoms with Crippen LogP contribution in [0.15, 0.2) is 18.2 Å². The van der Waals surface area contributed by atoms with Crippen LogP contribution in [0.25, 0.3) is 0 Å². The maximum absolute atomic E-state index is 12.4. The number of ether oxygens (including phenoxy) is 2. The van der Waals surface area contributed by atoms with Crippen LogP contribution in [0.1, 0.15) is 18.4 Å². The lowest BCUT2D eigenvalue weighted by atomic mass is 9.99. The number of hydrogen-bond acceptors (Lipinski definition) is 5. The monoisotopic (exact) mass is 369 g/mol. The zero-order valence-corrected chi connectivity index (χ0v) is 15.2. The van der Waals surface area contributed by atoms with Gasteiger partial charge in [0, 0.05) is 33.7 Å². The highest BCUT2D eigenvalue weighted by Crippen LogP contribution is 2.32. The molecule has 2 heterocycles. The Hall–Kier alpha value is -1.84. The summed E-state index contributed by atoms with van der Waals surface area (Å²) in [4.78, 5) is 12.4. The summed E-state index contributed by atoms with van der Waals surface area (Å²) in [5, 5.41) is 2.89. The van der Waals surface area contributed by atoms with Crippen LogP contribution >= 0.6 is 0 Å². The fourth-order valence-electron chi connectivity index (χ4n) is 2.98. The molecule has 1 saturated heterocycles. The van der Waals surface area contributed by atoms with Crippen LogP contribution in [0, 0.1) is 5.92 Å². The Labute approximate surface area is 147 Å². The maximum atomic E-state index is 12.4. The Bertz CT molecular complexity index is 750. The van der Waals surface area contributed by atoms with Crippen LogP contribution in [0.3, 0.4) is 0 Å². The summed E-state index contributed by atoms with van der Waals surface area (Å²) in [6.45, 7) is 1.25. The molecule has 1 atom stereocenters. The normalized spacial score (nSPS) is 20.7. The van der Waals surface area contributed by atoms with Gasteiger partial charge in [0.15, 0.2) is 11.5 Å². The fourth-order valence-corrected chi connectivity index (χ4v) is 4.17. The van der Waals surface area contributed by atoms with Gasteiger partial charge < -0.3 is 14.8 Å². The highest BCUT2D eigenvalue weighted by Gasteiger charge is 2.33. The van der Waals surface area contributed by atoms with Crippen molar-refractivity contribution in [2.24, 2.45) is 5.92 Å². The molecule has 0 saturated carbocycles. The molecule has 1 fully saturated rings. The molecule has 0 spiro atoms. The summed E-state index contributed by atoms with van der Waals surface area (Å²) in [5.41, 5.74) is 0.908. The van der Waals surface area contributed by atoms with Crippen molar-refractivity contribution in [1.29, 1.82) is 0 Å². The van der Waals surface area contributed by atoms with Gasteiger partial charge in [-0.25, -0.2) is 0 Å². The predicted molar refractivity (Wildman–Crippen MR) is 91.3 cm³/mol. The molecule has 0 aromatic heterocycles. The van der Waals surface area contributed by atoms with Crippen LogP contribution in [0.5, 0.6) is 11.5 Å². The molecule has 0 bridgehead atoms. The van der Waals surface area contributed by atoms with E-state index in [0.717, 1.165) is 5.56 Å². The second-order valence-electron chi connectivity index (χ2n) is 6.39. The Kier molecular flexibility index (Phi) is 5.16. The molecule has 0 unspecified atom stereocenters. The van der Waals surface area contributed by atoms with Gasteiger partial charge in [0.05, 0.1) is 5.92 Å². The minimum Gasteiger partial charge on any atom is -0.454 e. The fraction of sp³-hybridized carbons (Fsp3) is 0.562. The molecule has 1 amide bonds. The summed E-state index contributed by atoms with van der Waals surface area (Å²) < 4.78 is 37.6. The third-order valence-corrected chi connectivity index (χ3v) is 6.35. The van der Waals surface area contributed by atoms with E-state index in [9.17, 15) is 13.2 Å². The van der Waals surface area contributed by atoms with E-state index in [4.69, 9.17) is 9.47 Å². The van der Waals surface area contributed by atoms with E-state index >= 15 is 0 Å². The Morgan fingerprint density at radius 3 is 2.84 bits per heavy atom. The summed E-state index contributed by atoms with van der Waals surface area (Å²) >= 11 is 0. The van der Waals surface area contributed by atoms with E-state index in [-0.39, 0.29) is 25.2 Å². The molecule has 8 nitrogen and oxygen atoms in total. The minimum atomic E-state index is -3.48. The highest BCUT2D eigenvalue weighted by molar-refractivity contribution is 7.86. The van der Waals surface area contributed by atoms with Crippen molar-refractivity contribution in [2.45, 2.75) is 19.4 Å². The Morgan fingerprint density at radius 1 is 1.32 bits per heavy atom. The standard InChI is InChI=1S/C16H23N3O5S/c1-18(2)25(21,22)19-7-3-4-13(10-19)16(20)17-9-12-5-6-14-15(8-12)24-11-23-14/h5-6,8,13H,3-4,7,9-11H2,1-2H3,(H,17,20)/t13-/m1/s1. The molecule has 1 aromatic rings. The molecule has 9 heteroatoms. The zero-order chi connectivity index (χ0) is 18.0. The van der Waals surface area contributed by atoms with Gasteiger partial charge in [-0.3, -0.25) is 4.79 Å². The average molecular weight is 369 g/mol. The highest BCUT2D eigenvalue weighted by atomic mass is 32.2. The van der Waals surface area contributed by atoms with Gasteiger partial charge in [-0.05, 0) is 30.5 Å². The molecule has 0 radical (unpaired) electrons. The van der Waals surface area contributed by atoms with Crippen molar-refractivity contribution in [3.8, 4) is 11.5 Å². The number of piperidine rings is 1. The largest absolute Gasteiger partial charge is 0.454 e. The molecule has 1 N–H and O–H groups in total. The number of carbonyl (C=O) groups excluding carboxylic acids is 1. The second kappa shape index (κ2) is 7.19. The number of hydrogen-bond donors (Lipinski definition) is 1. The lowest BCUT2D eigenvalue weighted by molar-refractivity contribution is -0.126. The lowest BCUT2D eigenvalue weighted by Gasteiger charge is -2.32. The van der Waals surface area contributed by atoms with Gasteiger partial charge in [-0.2, -0.15) is 17.0 Å². The van der Waals surface area contributed by atoms with Crippen LogP contribution in [0.2, 0.25) is 0 Å². The third-order valence-electron chi connectivity index (χ3n) is 4.45. The first-order chi connectivity index (χ1) is 11.9. The third kappa shape index (κ3) is 3.88. The molecule has 1 aromatic carbocycles. The molecular weight excluding hydrogens is 346 g/mol. The number of nitrogens with zero attached hydrogens (tertiary/aromatic N) is 2. The van der Waals surface area contributed by atoms with Crippen molar-refractivity contribution >= 4 is 16.1 Å². The van der Waals surface area contributed by atoms with Crippen LogP contribution in [-0.4, -0.2) is 56.9 Å². The molecule has 138 valence electrons. The van der Waals surface area contributed by atoms with Crippen LogP contribution in [-0.2, 0) is 21.5 Å². The Morgan fingerprint density at radius 2 is 2.08 bits per heavy atom. The first-order valence-electron chi connectivity index (χ1n) is 8.22. The van der Waals surface area contributed by atoms with Crippen molar-refractivity contribution < 1.29 is 22.7 Å². The molecule has 2 aliphatic heterocycles. The van der Waals surface area contributed by atoms with E-state index in [1.807, 2.05) is 18.2 Å². The summed E-state index contributed by atoms with van der Waals surface area (Å²) in [7, 11) is -0.487. The molecule has 2 aliphatic rings. The van der Waals surface area contributed by atoms with Gasteiger partial charge >= 0.3 is 0 Å². The number of carbonyl (C=O) groups is 1. The van der Waals surface area contributed by atoms with Crippen molar-refractivity contribution in [3.63, 3.8) is 0 Å². The second-order valence-corrected chi connectivity index (χ2v) is 8.54. The van der Waals surface area contributed by atoms with E-state index in [1.165, 1.54) is 22.7 Å². The van der Waals surface area contributed by atoms with E-state index < -0.39 is 10.2 Å². The minimum absolute atomic E-state index is 0.128. The van der Waals surface area contributed by atoms with Crippen LogP contribution < -0.4 is 14.8 Å². The molecule has 3 rings (SSSR count). The number of amides is 1. The zero-order valence-electron chi connectivity index (χ0n) is 14.4. The maximum Gasteiger partial charge on any atom is 0.281 e.